The van der Waals surface area contributed by atoms with Crippen LogP contribution in [0, 0.1) is 29.1 Å². The third kappa shape index (κ3) is 7.98. The summed E-state index contributed by atoms with van der Waals surface area (Å²) in [7, 11) is 0. The number of amides is 5. The fraction of sp³-hybridized carbons (Fsp3) is 0.409. The van der Waals surface area contributed by atoms with E-state index in [1.165, 1.54) is 0 Å². The van der Waals surface area contributed by atoms with Crippen molar-refractivity contribution in [3.63, 3.8) is 0 Å². The van der Waals surface area contributed by atoms with Crippen molar-refractivity contribution in [3.05, 3.63) is 93.5 Å². The van der Waals surface area contributed by atoms with Crippen molar-refractivity contribution in [2.45, 2.75) is 69.6 Å². The summed E-state index contributed by atoms with van der Waals surface area (Å²) in [5, 5.41) is 11.7. The number of halogens is 1. The molecule has 0 aliphatic carbocycles. The highest BCUT2D eigenvalue weighted by molar-refractivity contribution is 6.31. The molecule has 0 spiro atoms. The summed E-state index contributed by atoms with van der Waals surface area (Å²) in [6.45, 7) is 4.56. The van der Waals surface area contributed by atoms with Crippen LogP contribution in [0.4, 0.5) is 5.69 Å². The minimum Gasteiger partial charge on any atom is -0.489 e. The topological polar surface area (TPSA) is 143 Å². The fourth-order valence-electron chi connectivity index (χ4n) is 8.78. The molecule has 13 heteroatoms. The monoisotopic (exact) mass is 786 g/mol. The van der Waals surface area contributed by atoms with E-state index in [4.69, 9.17) is 21.6 Å². The van der Waals surface area contributed by atoms with Gasteiger partial charge in [0.1, 0.15) is 24.0 Å². The van der Waals surface area contributed by atoms with E-state index in [-0.39, 0.29) is 24.9 Å². The van der Waals surface area contributed by atoms with E-state index in [2.05, 4.69) is 27.0 Å². The molecule has 2 unspecified atom stereocenters. The van der Waals surface area contributed by atoms with E-state index in [1.807, 2.05) is 41.3 Å². The number of rotatable bonds is 6. The number of hydrogen-bond donors (Lipinski definition) is 1. The van der Waals surface area contributed by atoms with Crippen LogP contribution < -0.4 is 15.0 Å². The number of ether oxygens (including phenoxy) is 1. The van der Waals surface area contributed by atoms with Gasteiger partial charge in [-0.05, 0) is 107 Å². The highest BCUT2D eigenvalue weighted by Gasteiger charge is 2.46. The first-order valence-corrected chi connectivity index (χ1v) is 20.2. The summed E-state index contributed by atoms with van der Waals surface area (Å²) in [5.41, 5.74) is 3.28. The molecule has 292 valence electrons. The van der Waals surface area contributed by atoms with Crippen LogP contribution in [0.5, 0.6) is 5.75 Å². The molecule has 5 heterocycles. The maximum absolute atomic E-state index is 13.6. The van der Waals surface area contributed by atoms with Gasteiger partial charge in [0.2, 0.25) is 11.8 Å². The normalized spacial score (nSPS) is 22.1. The molecule has 5 amide bonds. The predicted octanol–water partition coefficient (Wildman–Crippen LogP) is 5.03. The van der Waals surface area contributed by atoms with Gasteiger partial charge in [-0.2, -0.15) is 5.26 Å². The summed E-state index contributed by atoms with van der Waals surface area (Å²) in [5.74, 6) is 5.70. The smallest absolute Gasteiger partial charge is 0.264 e. The summed E-state index contributed by atoms with van der Waals surface area (Å²) >= 11 is 6.18. The minimum atomic E-state index is -0.984. The van der Waals surface area contributed by atoms with Gasteiger partial charge in [-0.3, -0.25) is 34.2 Å². The molecule has 0 aromatic heterocycles. The van der Waals surface area contributed by atoms with Gasteiger partial charge >= 0.3 is 0 Å². The second-order valence-corrected chi connectivity index (χ2v) is 15.8. The molecule has 0 saturated carbocycles. The van der Waals surface area contributed by atoms with Gasteiger partial charge < -0.3 is 19.4 Å². The van der Waals surface area contributed by atoms with Crippen LogP contribution in [0.1, 0.15) is 93.6 Å². The van der Waals surface area contributed by atoms with Crippen molar-refractivity contribution in [1.82, 2.24) is 20.0 Å². The molecular weight excluding hydrogens is 744 g/mol. The molecule has 4 fully saturated rings. The molecule has 0 bridgehead atoms. The number of nitriles is 1. The molecule has 3 aromatic carbocycles. The predicted molar refractivity (Wildman–Crippen MR) is 212 cm³/mol. The lowest BCUT2D eigenvalue weighted by molar-refractivity contribution is -0.136. The molecule has 1 N–H and O–H groups in total. The zero-order valence-corrected chi connectivity index (χ0v) is 32.3. The number of carbonyl (C=O) groups excluding carboxylic acids is 5. The van der Waals surface area contributed by atoms with Gasteiger partial charge in [0.05, 0.1) is 33.9 Å². The van der Waals surface area contributed by atoms with Crippen molar-refractivity contribution in [2.24, 2.45) is 5.92 Å². The van der Waals surface area contributed by atoms with Gasteiger partial charge in [0.25, 0.3) is 17.7 Å². The lowest BCUT2D eigenvalue weighted by atomic mass is 9.93. The second-order valence-electron chi connectivity index (χ2n) is 15.4. The Morgan fingerprint density at radius 2 is 1.63 bits per heavy atom. The maximum Gasteiger partial charge on any atom is 0.264 e. The molecule has 57 heavy (non-hydrogen) atoms. The van der Waals surface area contributed by atoms with Gasteiger partial charge in [-0.1, -0.05) is 29.5 Å². The van der Waals surface area contributed by atoms with Crippen LogP contribution in [0.2, 0.25) is 5.02 Å². The zero-order chi connectivity index (χ0) is 39.6. The molecule has 4 saturated heterocycles. The Labute approximate surface area is 336 Å². The first-order chi connectivity index (χ1) is 27.7. The molecular formula is C44H43ClN6O6. The highest BCUT2D eigenvalue weighted by Crippen LogP contribution is 2.36. The number of nitrogens with one attached hydrogen (secondary N) is 1. The van der Waals surface area contributed by atoms with Crippen molar-refractivity contribution < 1.29 is 28.7 Å². The summed E-state index contributed by atoms with van der Waals surface area (Å²) < 4.78 is 6.12. The number of piperidine rings is 4. The quantitative estimate of drug-likeness (QED) is 0.269. The number of nitrogens with zero attached hydrogens (tertiary/aromatic N) is 5. The summed E-state index contributed by atoms with van der Waals surface area (Å²) in [6.07, 6.45) is 5.54. The Bertz CT molecular complexity index is 2210. The van der Waals surface area contributed by atoms with Crippen LogP contribution in [-0.2, 0) is 9.59 Å². The van der Waals surface area contributed by atoms with Crippen molar-refractivity contribution in [3.8, 4) is 23.7 Å². The van der Waals surface area contributed by atoms with Crippen LogP contribution in [0.15, 0.2) is 60.7 Å². The van der Waals surface area contributed by atoms with Crippen molar-refractivity contribution >= 4 is 46.8 Å². The number of hydrogen-bond acceptors (Lipinski definition) is 9. The lowest BCUT2D eigenvalue weighted by Crippen LogP contribution is -2.54. The molecule has 5 aliphatic heterocycles. The third-order valence-corrected chi connectivity index (χ3v) is 12.2. The number of fused-ring (bicyclic) bond motifs is 1. The molecule has 3 aromatic rings. The van der Waals surface area contributed by atoms with E-state index < -0.39 is 29.7 Å². The Hall–Kier alpha value is -5.69. The molecule has 12 nitrogen and oxygen atoms in total. The standard InChI is InChI=1S/C44H43ClN6O6/c45-36-25-33(13-12-31(36)26-46)57-34-3-2-20-50(27-34)42(54)30-10-8-28(9-11-30)6-7-29-16-21-48(22-17-29)32-18-23-49(24-19-32)37-5-1-4-35-40(37)44(56)51(43(35)55)38-14-15-39(52)47-41(38)53/h1,4-5,8-13,25,29,32,34,38H,2-3,14-24,27H2,(H,47,52,53). The highest BCUT2D eigenvalue weighted by atomic mass is 35.5. The number of benzene rings is 3. The maximum atomic E-state index is 13.6. The van der Waals surface area contributed by atoms with E-state index in [9.17, 15) is 24.0 Å². The number of carbonyl (C=O) groups is 5. The summed E-state index contributed by atoms with van der Waals surface area (Å²) in [4.78, 5) is 72.2. The largest absolute Gasteiger partial charge is 0.489 e. The second kappa shape index (κ2) is 16.4. The summed E-state index contributed by atoms with van der Waals surface area (Å²) in [6, 6.07) is 19.3. The van der Waals surface area contributed by atoms with E-state index in [1.54, 1.807) is 30.3 Å². The lowest BCUT2D eigenvalue weighted by Gasteiger charge is -2.42. The van der Waals surface area contributed by atoms with Crippen molar-refractivity contribution in [2.75, 3.05) is 44.2 Å². The fourth-order valence-corrected chi connectivity index (χ4v) is 8.99. The van der Waals surface area contributed by atoms with Crippen LogP contribution in [0.3, 0.4) is 0 Å². The Morgan fingerprint density at radius 3 is 2.35 bits per heavy atom. The van der Waals surface area contributed by atoms with Gasteiger partial charge in [0, 0.05) is 55.2 Å². The average molecular weight is 787 g/mol. The number of anilines is 1. The molecule has 0 radical (unpaired) electrons. The van der Waals surface area contributed by atoms with Gasteiger partial charge in [0.15, 0.2) is 0 Å². The van der Waals surface area contributed by atoms with Gasteiger partial charge in [-0.15, -0.1) is 0 Å². The van der Waals surface area contributed by atoms with Gasteiger partial charge in [-0.25, -0.2) is 0 Å². The average Bonchev–Trinajstić information content (AvgIpc) is 3.49. The number of likely N-dealkylation sites (tertiary alicyclic amines) is 2. The van der Waals surface area contributed by atoms with Crippen LogP contribution >= 0.6 is 11.6 Å². The van der Waals surface area contributed by atoms with Crippen molar-refractivity contribution in [1.29, 1.82) is 5.26 Å². The zero-order valence-electron chi connectivity index (χ0n) is 31.5. The Morgan fingerprint density at radius 1 is 0.860 bits per heavy atom. The minimum absolute atomic E-state index is 0.0356. The molecule has 8 rings (SSSR count). The Kier molecular flexibility index (Phi) is 11.0. The third-order valence-electron chi connectivity index (χ3n) is 11.9. The van der Waals surface area contributed by atoms with E-state index in [0.29, 0.717) is 58.1 Å². The Balaban J connectivity index is 0.805. The van der Waals surface area contributed by atoms with E-state index >= 15 is 0 Å². The molecule has 2 atom stereocenters. The first-order valence-electron chi connectivity index (χ1n) is 19.8. The first kappa shape index (κ1) is 38.2. The number of imide groups is 2. The van der Waals surface area contributed by atoms with Crippen LogP contribution in [0.25, 0.3) is 0 Å². The van der Waals surface area contributed by atoms with Crippen LogP contribution in [-0.4, -0.2) is 102 Å². The SMILES string of the molecule is N#Cc1ccc(OC2CCCN(C(=O)c3ccc(C#CC4CCN(C5CCN(c6cccc7c6C(=O)N(C6CCC(=O)NC6=O)C7=O)CC5)CC4)cc3)C2)cc1Cl. The molecule has 5 aliphatic rings. The van der Waals surface area contributed by atoms with E-state index in [0.717, 1.165) is 80.9 Å².